The minimum atomic E-state index is -0.318. The molecule has 0 radical (unpaired) electrons. The van der Waals surface area contributed by atoms with Crippen molar-refractivity contribution in [2.75, 3.05) is 13.7 Å². The number of rotatable bonds is 6. The minimum Gasteiger partial charge on any atom is -0.496 e. The van der Waals surface area contributed by atoms with Gasteiger partial charge in [0.2, 0.25) is 5.91 Å². The van der Waals surface area contributed by atoms with Gasteiger partial charge in [-0.2, -0.15) is 0 Å². The molecule has 1 N–H and O–H groups in total. The van der Waals surface area contributed by atoms with Crippen LogP contribution in [0.5, 0.6) is 5.75 Å². The Balaban J connectivity index is 1.60. The zero-order valence-corrected chi connectivity index (χ0v) is 14.7. The fourth-order valence-corrected chi connectivity index (χ4v) is 3.19. The van der Waals surface area contributed by atoms with Crippen molar-refractivity contribution in [3.05, 3.63) is 64.1 Å². The van der Waals surface area contributed by atoms with Gasteiger partial charge in [-0.25, -0.2) is 0 Å². The van der Waals surface area contributed by atoms with Gasteiger partial charge in [-0.3, -0.25) is 4.79 Å². The van der Waals surface area contributed by atoms with Gasteiger partial charge in [0.1, 0.15) is 5.75 Å². The number of amides is 1. The van der Waals surface area contributed by atoms with E-state index >= 15 is 0 Å². The third kappa shape index (κ3) is 3.42. The van der Waals surface area contributed by atoms with E-state index in [1.807, 2.05) is 48.5 Å². The van der Waals surface area contributed by atoms with Crippen LogP contribution in [0, 0.1) is 0 Å². The summed E-state index contributed by atoms with van der Waals surface area (Å²) in [6.07, 6.45) is 2.62. The highest BCUT2D eigenvalue weighted by atomic mass is 79.9. The summed E-state index contributed by atoms with van der Waals surface area (Å²) in [5.41, 5.74) is 1.90. The SMILES string of the molecule is COc1ccccc1CCNC(=O)C1(c2ccc(Br)cc2)CC1. The predicted octanol–water partition coefficient (Wildman–Crippen LogP) is 3.85. The van der Waals surface area contributed by atoms with Crippen LogP contribution in [0.1, 0.15) is 24.0 Å². The Morgan fingerprint density at radius 2 is 1.87 bits per heavy atom. The summed E-state index contributed by atoms with van der Waals surface area (Å²) in [5.74, 6) is 1.01. The summed E-state index contributed by atoms with van der Waals surface area (Å²) < 4.78 is 6.38. The van der Waals surface area contributed by atoms with Gasteiger partial charge in [-0.15, -0.1) is 0 Å². The van der Waals surface area contributed by atoms with Crippen molar-refractivity contribution in [1.29, 1.82) is 0 Å². The molecule has 1 saturated carbocycles. The fourth-order valence-electron chi connectivity index (χ4n) is 2.93. The molecule has 4 heteroatoms. The van der Waals surface area contributed by atoms with Gasteiger partial charge in [0.05, 0.1) is 12.5 Å². The summed E-state index contributed by atoms with van der Waals surface area (Å²) in [5, 5.41) is 3.09. The third-order valence-corrected chi connectivity index (χ3v) is 4.98. The molecule has 120 valence electrons. The Kier molecular flexibility index (Phi) is 4.71. The smallest absolute Gasteiger partial charge is 0.230 e. The van der Waals surface area contributed by atoms with Crippen LogP contribution in [0.25, 0.3) is 0 Å². The second-order valence-electron chi connectivity index (χ2n) is 5.91. The minimum absolute atomic E-state index is 0.134. The summed E-state index contributed by atoms with van der Waals surface area (Å²) in [7, 11) is 1.67. The lowest BCUT2D eigenvalue weighted by molar-refractivity contribution is -0.123. The van der Waals surface area contributed by atoms with Gasteiger partial charge in [0.15, 0.2) is 0 Å². The first-order chi connectivity index (χ1) is 11.2. The molecular formula is C19H20BrNO2. The van der Waals surface area contributed by atoms with E-state index in [-0.39, 0.29) is 11.3 Å². The number of hydrogen-bond donors (Lipinski definition) is 1. The molecule has 1 amide bonds. The number of para-hydroxylation sites is 1. The summed E-state index contributed by atoms with van der Waals surface area (Å²) in [4.78, 5) is 12.6. The van der Waals surface area contributed by atoms with Gasteiger partial charge < -0.3 is 10.1 Å². The topological polar surface area (TPSA) is 38.3 Å². The van der Waals surface area contributed by atoms with Crippen LogP contribution >= 0.6 is 15.9 Å². The molecule has 2 aromatic rings. The lowest BCUT2D eigenvalue weighted by Gasteiger charge is -2.16. The molecule has 0 aromatic heterocycles. The van der Waals surface area contributed by atoms with Gasteiger partial charge in [0.25, 0.3) is 0 Å². The molecule has 0 saturated heterocycles. The number of halogens is 1. The van der Waals surface area contributed by atoms with Crippen molar-refractivity contribution in [3.63, 3.8) is 0 Å². The predicted molar refractivity (Wildman–Crippen MR) is 94.8 cm³/mol. The molecule has 0 unspecified atom stereocenters. The number of carbonyl (C=O) groups excluding carboxylic acids is 1. The van der Waals surface area contributed by atoms with E-state index in [1.165, 1.54) is 0 Å². The molecule has 0 atom stereocenters. The van der Waals surface area contributed by atoms with E-state index in [0.717, 1.165) is 40.6 Å². The molecular weight excluding hydrogens is 354 g/mol. The highest BCUT2D eigenvalue weighted by Gasteiger charge is 2.50. The average Bonchev–Trinajstić information content (AvgIpc) is 3.38. The largest absolute Gasteiger partial charge is 0.496 e. The van der Waals surface area contributed by atoms with Gasteiger partial charge in [0, 0.05) is 11.0 Å². The maximum atomic E-state index is 12.6. The van der Waals surface area contributed by atoms with E-state index in [9.17, 15) is 4.79 Å². The van der Waals surface area contributed by atoms with Gasteiger partial charge in [-0.05, 0) is 48.6 Å². The number of carbonyl (C=O) groups is 1. The molecule has 3 rings (SSSR count). The van der Waals surface area contributed by atoms with Gasteiger partial charge in [-0.1, -0.05) is 46.3 Å². The van der Waals surface area contributed by atoms with E-state index in [2.05, 4.69) is 21.2 Å². The monoisotopic (exact) mass is 373 g/mol. The zero-order valence-electron chi connectivity index (χ0n) is 13.1. The van der Waals surface area contributed by atoms with Crippen molar-refractivity contribution < 1.29 is 9.53 Å². The molecule has 1 aliphatic rings. The second-order valence-corrected chi connectivity index (χ2v) is 6.82. The quantitative estimate of drug-likeness (QED) is 0.834. The van der Waals surface area contributed by atoms with Crippen LogP contribution in [-0.4, -0.2) is 19.6 Å². The molecule has 23 heavy (non-hydrogen) atoms. The lowest BCUT2D eigenvalue weighted by Crippen LogP contribution is -2.35. The van der Waals surface area contributed by atoms with Crippen molar-refractivity contribution >= 4 is 21.8 Å². The van der Waals surface area contributed by atoms with Crippen molar-refractivity contribution in [3.8, 4) is 5.75 Å². The normalized spacial score (nSPS) is 15.0. The van der Waals surface area contributed by atoms with Crippen LogP contribution in [-0.2, 0) is 16.6 Å². The van der Waals surface area contributed by atoms with E-state index in [1.54, 1.807) is 7.11 Å². The molecule has 0 heterocycles. The summed E-state index contributed by atoms with van der Waals surface area (Å²) >= 11 is 3.44. The molecule has 0 spiro atoms. The molecule has 2 aromatic carbocycles. The van der Waals surface area contributed by atoms with E-state index in [0.29, 0.717) is 6.54 Å². The molecule has 0 bridgehead atoms. The van der Waals surface area contributed by atoms with Crippen molar-refractivity contribution in [1.82, 2.24) is 5.32 Å². The average molecular weight is 374 g/mol. The van der Waals surface area contributed by atoms with Crippen molar-refractivity contribution in [2.24, 2.45) is 0 Å². The Bertz CT molecular complexity index is 693. The zero-order chi connectivity index (χ0) is 16.3. The van der Waals surface area contributed by atoms with Crippen LogP contribution in [0.3, 0.4) is 0 Å². The molecule has 1 aliphatic carbocycles. The Labute approximate surface area is 145 Å². The highest BCUT2D eigenvalue weighted by Crippen LogP contribution is 2.48. The first kappa shape index (κ1) is 16.1. The summed E-state index contributed by atoms with van der Waals surface area (Å²) in [6.45, 7) is 0.623. The second kappa shape index (κ2) is 6.75. The highest BCUT2D eigenvalue weighted by molar-refractivity contribution is 9.10. The standard InChI is InChI=1S/C19H20BrNO2/c1-23-17-5-3-2-4-14(17)10-13-21-18(22)19(11-12-19)15-6-8-16(20)9-7-15/h2-9H,10-13H2,1H3,(H,21,22). The maximum absolute atomic E-state index is 12.6. The lowest BCUT2D eigenvalue weighted by atomic mass is 9.95. The molecule has 0 aliphatic heterocycles. The number of ether oxygens (including phenoxy) is 1. The van der Waals surface area contributed by atoms with Gasteiger partial charge >= 0.3 is 0 Å². The number of methoxy groups -OCH3 is 1. The number of hydrogen-bond acceptors (Lipinski definition) is 2. The van der Waals surface area contributed by atoms with E-state index < -0.39 is 0 Å². The summed E-state index contributed by atoms with van der Waals surface area (Å²) in [6, 6.07) is 16.0. The Hall–Kier alpha value is -1.81. The first-order valence-electron chi connectivity index (χ1n) is 7.82. The fraction of sp³-hybridized carbons (Fsp3) is 0.316. The molecule has 3 nitrogen and oxygen atoms in total. The Morgan fingerprint density at radius 1 is 1.17 bits per heavy atom. The Morgan fingerprint density at radius 3 is 2.52 bits per heavy atom. The van der Waals surface area contributed by atoms with Crippen LogP contribution in [0.15, 0.2) is 53.0 Å². The van der Waals surface area contributed by atoms with Crippen LogP contribution in [0.4, 0.5) is 0 Å². The number of benzene rings is 2. The molecule has 1 fully saturated rings. The van der Waals surface area contributed by atoms with Crippen LogP contribution < -0.4 is 10.1 Å². The van der Waals surface area contributed by atoms with Crippen molar-refractivity contribution in [2.45, 2.75) is 24.7 Å². The van der Waals surface area contributed by atoms with E-state index in [4.69, 9.17) is 4.74 Å². The maximum Gasteiger partial charge on any atom is 0.230 e. The third-order valence-electron chi connectivity index (χ3n) is 4.45. The first-order valence-corrected chi connectivity index (χ1v) is 8.61. The van der Waals surface area contributed by atoms with Crippen LogP contribution in [0.2, 0.25) is 0 Å². The number of nitrogens with one attached hydrogen (secondary N) is 1.